The van der Waals surface area contributed by atoms with E-state index < -0.39 is 22.0 Å². The van der Waals surface area contributed by atoms with Crippen molar-refractivity contribution in [2.45, 2.75) is 29.7 Å². The Kier molecular flexibility index (Phi) is 6.58. The summed E-state index contributed by atoms with van der Waals surface area (Å²) >= 11 is 0. The molecule has 0 aliphatic heterocycles. The molecule has 0 unspecified atom stereocenters. The number of carbonyl (C=O) groups is 1. The maximum atomic E-state index is 12.9. The number of benzene rings is 4. The van der Waals surface area contributed by atoms with Crippen molar-refractivity contribution in [3.05, 3.63) is 114 Å². The van der Waals surface area contributed by atoms with Crippen LogP contribution in [0.5, 0.6) is 0 Å². The van der Waals surface area contributed by atoms with Crippen molar-refractivity contribution >= 4 is 26.5 Å². The number of aliphatic hydroxyl groups is 1. The smallest absolute Gasteiger partial charge is 0.251 e. The molecule has 5 nitrogen and oxygen atoms in total. The average molecular weight is 460 g/mol. The highest BCUT2D eigenvalue weighted by molar-refractivity contribution is 7.90. The summed E-state index contributed by atoms with van der Waals surface area (Å²) in [4.78, 5) is 12.9. The van der Waals surface area contributed by atoms with Gasteiger partial charge in [0.25, 0.3) is 5.91 Å². The van der Waals surface area contributed by atoms with Crippen molar-refractivity contribution in [1.82, 2.24) is 5.32 Å². The number of aliphatic hydroxyl groups excluding tert-OH is 1. The van der Waals surface area contributed by atoms with Crippen LogP contribution in [0.4, 0.5) is 0 Å². The summed E-state index contributed by atoms with van der Waals surface area (Å²) in [5.41, 5.74) is 1.71. The minimum Gasteiger partial charge on any atom is -0.386 e. The highest BCUT2D eigenvalue weighted by atomic mass is 32.2. The molecule has 0 fully saturated rings. The van der Waals surface area contributed by atoms with Crippen molar-refractivity contribution in [1.29, 1.82) is 0 Å². The van der Waals surface area contributed by atoms with Gasteiger partial charge < -0.3 is 10.4 Å². The number of amides is 1. The number of rotatable bonds is 7. The van der Waals surface area contributed by atoms with E-state index in [1.165, 1.54) is 0 Å². The third-order valence-corrected chi connectivity index (χ3v) is 7.31. The lowest BCUT2D eigenvalue weighted by Crippen LogP contribution is -2.37. The first-order valence-corrected chi connectivity index (χ1v) is 12.3. The summed E-state index contributed by atoms with van der Waals surface area (Å²) in [6, 6.07) is 27.9. The van der Waals surface area contributed by atoms with Crippen LogP contribution in [0.2, 0.25) is 0 Å². The molecule has 0 aliphatic rings. The molecule has 4 aromatic carbocycles. The molecule has 0 heterocycles. The van der Waals surface area contributed by atoms with Crippen molar-refractivity contribution in [3.63, 3.8) is 0 Å². The van der Waals surface area contributed by atoms with Gasteiger partial charge in [-0.15, -0.1) is 0 Å². The van der Waals surface area contributed by atoms with Gasteiger partial charge in [-0.2, -0.15) is 0 Å². The fraction of sp³-hybridized carbons (Fsp3) is 0.148. The SMILES string of the molecule is C[C@H](NC(=O)c1ccc(CS(=O)(=O)c2ccc3ccccc3c2)cc1)[C@@H](O)c1ccccc1. The Bertz CT molecular complexity index is 1370. The Morgan fingerprint density at radius 2 is 1.48 bits per heavy atom. The van der Waals surface area contributed by atoms with Gasteiger partial charge in [0.05, 0.1) is 22.8 Å². The van der Waals surface area contributed by atoms with Gasteiger partial charge in [0.15, 0.2) is 9.84 Å². The molecule has 0 aliphatic carbocycles. The third-order valence-electron chi connectivity index (χ3n) is 5.63. The lowest BCUT2D eigenvalue weighted by Gasteiger charge is -2.20. The molecule has 4 aromatic rings. The van der Waals surface area contributed by atoms with Gasteiger partial charge in [0.2, 0.25) is 0 Å². The number of hydrogen-bond acceptors (Lipinski definition) is 4. The lowest BCUT2D eigenvalue weighted by molar-refractivity contribution is 0.0852. The van der Waals surface area contributed by atoms with E-state index in [9.17, 15) is 18.3 Å². The lowest BCUT2D eigenvalue weighted by atomic mass is 10.0. The minimum atomic E-state index is -3.53. The summed E-state index contributed by atoms with van der Waals surface area (Å²) in [5.74, 6) is -0.488. The number of carbonyl (C=O) groups excluding carboxylic acids is 1. The monoisotopic (exact) mass is 459 g/mol. The van der Waals surface area contributed by atoms with E-state index in [0.29, 0.717) is 11.1 Å². The summed E-state index contributed by atoms with van der Waals surface area (Å²) in [6.45, 7) is 1.74. The fourth-order valence-corrected chi connectivity index (χ4v) is 5.10. The zero-order chi connectivity index (χ0) is 23.4. The molecule has 1 amide bonds. The van der Waals surface area contributed by atoms with Crippen molar-refractivity contribution in [3.8, 4) is 0 Å². The van der Waals surface area contributed by atoms with Crippen LogP contribution in [0.25, 0.3) is 10.8 Å². The van der Waals surface area contributed by atoms with Gasteiger partial charge in [0, 0.05) is 5.56 Å². The van der Waals surface area contributed by atoms with E-state index >= 15 is 0 Å². The van der Waals surface area contributed by atoms with E-state index in [-0.39, 0.29) is 16.6 Å². The topological polar surface area (TPSA) is 83.5 Å². The predicted molar refractivity (Wildman–Crippen MR) is 130 cm³/mol. The zero-order valence-corrected chi connectivity index (χ0v) is 19.0. The standard InChI is InChI=1S/C27H25NO4S/c1-19(26(29)22-8-3-2-4-9-22)28-27(30)23-13-11-20(12-14-23)18-33(31,32)25-16-15-21-7-5-6-10-24(21)17-25/h2-17,19,26,29H,18H2,1H3,(H,28,30)/t19-,26+/m0/s1. The van der Waals surface area contributed by atoms with E-state index in [4.69, 9.17) is 0 Å². The van der Waals surface area contributed by atoms with Gasteiger partial charge in [0.1, 0.15) is 0 Å². The molecule has 0 spiro atoms. The van der Waals surface area contributed by atoms with Crippen LogP contribution in [-0.4, -0.2) is 25.5 Å². The third kappa shape index (κ3) is 5.30. The van der Waals surface area contributed by atoms with Gasteiger partial charge >= 0.3 is 0 Å². The Hall–Kier alpha value is -3.48. The minimum absolute atomic E-state index is 0.156. The first-order chi connectivity index (χ1) is 15.8. The number of sulfone groups is 1. The number of fused-ring (bicyclic) bond motifs is 1. The van der Waals surface area contributed by atoms with Crippen LogP contribution in [-0.2, 0) is 15.6 Å². The van der Waals surface area contributed by atoms with Crippen molar-refractivity contribution in [2.75, 3.05) is 0 Å². The van der Waals surface area contributed by atoms with Gasteiger partial charge in [-0.3, -0.25) is 4.79 Å². The van der Waals surface area contributed by atoms with Crippen LogP contribution < -0.4 is 5.32 Å². The molecule has 0 radical (unpaired) electrons. The maximum Gasteiger partial charge on any atom is 0.251 e. The molecule has 2 atom stereocenters. The molecule has 0 saturated heterocycles. The van der Waals surface area contributed by atoms with Crippen molar-refractivity contribution in [2.24, 2.45) is 0 Å². The Morgan fingerprint density at radius 1 is 0.848 bits per heavy atom. The van der Waals surface area contributed by atoms with E-state index in [2.05, 4.69) is 5.32 Å². The molecule has 4 rings (SSSR count). The molecular weight excluding hydrogens is 434 g/mol. The second-order valence-corrected chi connectivity index (χ2v) is 10.1. The summed E-state index contributed by atoms with van der Waals surface area (Å²) in [6.07, 6.45) is -0.832. The summed E-state index contributed by atoms with van der Waals surface area (Å²) < 4.78 is 25.8. The summed E-state index contributed by atoms with van der Waals surface area (Å²) in [7, 11) is -3.53. The van der Waals surface area contributed by atoms with Crippen LogP contribution in [0.3, 0.4) is 0 Å². The largest absolute Gasteiger partial charge is 0.386 e. The maximum absolute atomic E-state index is 12.9. The Morgan fingerprint density at radius 3 is 2.18 bits per heavy atom. The predicted octanol–water partition coefficient (Wildman–Crippen LogP) is 4.67. The molecular formula is C27H25NO4S. The molecule has 2 N–H and O–H groups in total. The molecule has 168 valence electrons. The van der Waals surface area contributed by atoms with E-state index in [1.807, 2.05) is 42.5 Å². The van der Waals surface area contributed by atoms with Gasteiger partial charge in [-0.25, -0.2) is 8.42 Å². The van der Waals surface area contributed by atoms with E-state index in [0.717, 1.165) is 16.3 Å². The molecule has 0 aromatic heterocycles. The van der Waals surface area contributed by atoms with Gasteiger partial charge in [-0.05, 0) is 53.1 Å². The van der Waals surface area contributed by atoms with Crippen molar-refractivity contribution < 1.29 is 18.3 Å². The zero-order valence-electron chi connectivity index (χ0n) is 18.2. The first kappa shape index (κ1) is 22.7. The number of hydrogen-bond donors (Lipinski definition) is 2. The second-order valence-electron chi connectivity index (χ2n) is 8.08. The van der Waals surface area contributed by atoms with Crippen LogP contribution in [0.15, 0.2) is 102 Å². The molecule has 6 heteroatoms. The van der Waals surface area contributed by atoms with Crippen LogP contribution >= 0.6 is 0 Å². The molecule has 0 bridgehead atoms. The van der Waals surface area contributed by atoms with E-state index in [1.54, 1.807) is 61.5 Å². The Balaban J connectivity index is 1.43. The second kappa shape index (κ2) is 9.57. The highest BCUT2D eigenvalue weighted by Crippen LogP contribution is 2.22. The first-order valence-electron chi connectivity index (χ1n) is 10.7. The van der Waals surface area contributed by atoms with Crippen LogP contribution in [0, 0.1) is 0 Å². The average Bonchev–Trinajstić information content (AvgIpc) is 2.84. The fourth-order valence-electron chi connectivity index (χ4n) is 3.72. The highest BCUT2D eigenvalue weighted by Gasteiger charge is 2.20. The molecule has 0 saturated carbocycles. The summed E-state index contributed by atoms with van der Waals surface area (Å²) in [5, 5.41) is 15.1. The normalized spacial score (nSPS) is 13.4. The molecule has 33 heavy (non-hydrogen) atoms. The van der Waals surface area contributed by atoms with Gasteiger partial charge in [-0.1, -0.05) is 72.8 Å². The Labute approximate surface area is 193 Å². The number of nitrogens with one attached hydrogen (secondary N) is 1. The quantitative estimate of drug-likeness (QED) is 0.421. The van der Waals surface area contributed by atoms with Crippen LogP contribution in [0.1, 0.15) is 34.5 Å².